The van der Waals surface area contributed by atoms with E-state index in [1.807, 2.05) is 0 Å². The molecule has 0 aliphatic carbocycles. The van der Waals surface area contributed by atoms with E-state index in [1.54, 1.807) is 6.07 Å². The van der Waals surface area contributed by atoms with E-state index in [4.69, 9.17) is 4.42 Å². The highest BCUT2D eigenvalue weighted by Crippen LogP contribution is 2.44. The van der Waals surface area contributed by atoms with Crippen LogP contribution in [0.1, 0.15) is 5.56 Å². The van der Waals surface area contributed by atoms with Gasteiger partial charge in [0.1, 0.15) is 16.3 Å². The fourth-order valence-corrected chi connectivity index (χ4v) is 3.59. The lowest BCUT2D eigenvalue weighted by Crippen LogP contribution is -2.08. The molecule has 0 amide bonds. The van der Waals surface area contributed by atoms with E-state index in [-0.39, 0.29) is 37.6 Å². The summed E-state index contributed by atoms with van der Waals surface area (Å²) in [5.41, 5.74) is -1.70. The Bertz CT molecular complexity index is 1130. The van der Waals surface area contributed by atoms with Crippen LogP contribution in [0.25, 0.3) is 31.9 Å². The quantitative estimate of drug-likeness (QED) is 0.540. The van der Waals surface area contributed by atoms with Crippen molar-refractivity contribution in [1.29, 1.82) is 0 Å². The molecule has 4 heterocycles. The Hall–Kier alpha value is -2.81. The molecule has 2 N–H and O–H groups in total. The number of hydrogen-bond acceptors (Lipinski definition) is 5. The smallest absolute Gasteiger partial charge is 0.417 e. The third-order valence-corrected chi connectivity index (χ3v) is 4.60. The Labute approximate surface area is 135 Å². The molecule has 0 aromatic carbocycles. The summed E-state index contributed by atoms with van der Waals surface area (Å²) in [5.74, 6) is -0.193. The van der Waals surface area contributed by atoms with Gasteiger partial charge < -0.3 is 14.5 Å². The van der Waals surface area contributed by atoms with E-state index in [1.165, 1.54) is 12.3 Å². The maximum Gasteiger partial charge on any atom is 0.417 e. The maximum absolute atomic E-state index is 13.5. The Morgan fingerprint density at radius 2 is 2.08 bits per heavy atom. The number of fused-ring (bicyclic) bond motifs is 3. The first-order valence-corrected chi connectivity index (χ1v) is 7.47. The number of aromatic nitrogens is 2. The number of halogens is 3. The van der Waals surface area contributed by atoms with Gasteiger partial charge in [-0.05, 0) is 18.2 Å². The Morgan fingerprint density at radius 1 is 1.29 bits per heavy atom. The predicted molar refractivity (Wildman–Crippen MR) is 82.1 cm³/mol. The van der Waals surface area contributed by atoms with Crippen molar-refractivity contribution in [3.8, 4) is 17.2 Å². The highest BCUT2D eigenvalue weighted by atomic mass is 32.1. The monoisotopic (exact) mass is 352 g/mol. The second-order valence-corrected chi connectivity index (χ2v) is 6.03. The van der Waals surface area contributed by atoms with Crippen molar-refractivity contribution in [2.45, 2.75) is 6.18 Å². The molecule has 0 fully saturated rings. The van der Waals surface area contributed by atoms with E-state index in [0.29, 0.717) is 0 Å². The minimum atomic E-state index is -4.67. The summed E-state index contributed by atoms with van der Waals surface area (Å²) in [7, 11) is 0. The van der Waals surface area contributed by atoms with Crippen LogP contribution >= 0.6 is 11.3 Å². The largest absolute Gasteiger partial charge is 0.506 e. The number of nitrogens with one attached hydrogen (secondary N) is 1. The fraction of sp³-hybridized carbons (Fsp3) is 0.0667. The molecule has 122 valence electrons. The average Bonchev–Trinajstić information content (AvgIpc) is 3.12. The molecule has 24 heavy (non-hydrogen) atoms. The average molecular weight is 352 g/mol. The van der Waals surface area contributed by atoms with Crippen LogP contribution in [-0.2, 0) is 6.18 Å². The standard InChI is InChI=1S/C15H7F3N2O3S/c16-15(17,18)6-4-7(9-2-1-3-23-9)19-14-11(6)12-13(24-14)8(21)5-10(22)20-12/h1-5H,(H2,20,21,22). The summed E-state index contributed by atoms with van der Waals surface area (Å²) >= 11 is 0.866. The summed E-state index contributed by atoms with van der Waals surface area (Å²) < 4.78 is 45.9. The molecule has 0 saturated carbocycles. The predicted octanol–water partition coefficient (Wildman–Crippen LogP) is 4.12. The molecule has 5 nitrogen and oxygen atoms in total. The number of thiophene rings is 1. The maximum atomic E-state index is 13.5. The summed E-state index contributed by atoms with van der Waals surface area (Å²) in [6.45, 7) is 0. The number of rotatable bonds is 1. The van der Waals surface area contributed by atoms with Crippen molar-refractivity contribution in [2.24, 2.45) is 0 Å². The molecule has 0 aliphatic heterocycles. The van der Waals surface area contributed by atoms with Gasteiger partial charge >= 0.3 is 6.18 Å². The first-order valence-electron chi connectivity index (χ1n) is 6.65. The van der Waals surface area contributed by atoms with Gasteiger partial charge in [0.15, 0.2) is 5.76 Å². The lowest BCUT2D eigenvalue weighted by molar-refractivity contribution is -0.136. The van der Waals surface area contributed by atoms with Crippen LogP contribution < -0.4 is 5.56 Å². The van der Waals surface area contributed by atoms with Gasteiger partial charge in [-0.15, -0.1) is 11.3 Å². The van der Waals surface area contributed by atoms with Crippen molar-refractivity contribution >= 4 is 31.8 Å². The van der Waals surface area contributed by atoms with Gasteiger partial charge in [0.25, 0.3) is 5.56 Å². The molecule has 0 saturated heterocycles. The first-order chi connectivity index (χ1) is 11.3. The third-order valence-electron chi connectivity index (χ3n) is 3.49. The fourth-order valence-electron chi connectivity index (χ4n) is 2.52. The molecule has 0 spiro atoms. The normalized spacial score (nSPS) is 12.3. The highest BCUT2D eigenvalue weighted by Gasteiger charge is 2.35. The van der Waals surface area contributed by atoms with E-state index in [2.05, 4.69) is 9.97 Å². The van der Waals surface area contributed by atoms with Crippen LogP contribution in [0.4, 0.5) is 13.2 Å². The van der Waals surface area contributed by atoms with Gasteiger partial charge in [-0.3, -0.25) is 4.79 Å². The second-order valence-electron chi connectivity index (χ2n) is 5.04. The molecule has 4 rings (SSSR count). The van der Waals surface area contributed by atoms with Crippen molar-refractivity contribution < 1.29 is 22.7 Å². The van der Waals surface area contributed by atoms with Crippen molar-refractivity contribution in [2.75, 3.05) is 0 Å². The number of alkyl halides is 3. The zero-order valence-electron chi connectivity index (χ0n) is 11.6. The minimum Gasteiger partial charge on any atom is -0.506 e. The van der Waals surface area contributed by atoms with Gasteiger partial charge in [0.2, 0.25) is 0 Å². The third kappa shape index (κ3) is 2.16. The molecule has 0 aliphatic rings. The van der Waals surface area contributed by atoms with E-state index in [0.717, 1.165) is 23.5 Å². The van der Waals surface area contributed by atoms with Crippen molar-refractivity contribution in [3.05, 3.63) is 46.4 Å². The van der Waals surface area contributed by atoms with Gasteiger partial charge in [0.05, 0.1) is 22.0 Å². The molecule has 4 aromatic rings. The topological polar surface area (TPSA) is 79.1 Å². The zero-order chi connectivity index (χ0) is 17.1. The van der Waals surface area contributed by atoms with Crippen LogP contribution in [0.5, 0.6) is 5.75 Å². The second kappa shape index (κ2) is 4.84. The molecule has 0 radical (unpaired) electrons. The number of aromatic amines is 1. The van der Waals surface area contributed by atoms with Crippen LogP contribution in [0.3, 0.4) is 0 Å². The lowest BCUT2D eigenvalue weighted by atomic mass is 10.1. The molecule has 0 unspecified atom stereocenters. The number of hydrogen-bond donors (Lipinski definition) is 2. The molecular weight excluding hydrogens is 345 g/mol. The Morgan fingerprint density at radius 3 is 2.75 bits per heavy atom. The number of H-pyrrole nitrogens is 1. The lowest BCUT2D eigenvalue weighted by Gasteiger charge is -2.09. The zero-order valence-corrected chi connectivity index (χ0v) is 12.5. The van der Waals surface area contributed by atoms with Gasteiger partial charge in [-0.1, -0.05) is 0 Å². The summed E-state index contributed by atoms with van der Waals surface area (Å²) in [6.07, 6.45) is -3.33. The van der Waals surface area contributed by atoms with Gasteiger partial charge in [-0.25, -0.2) is 4.98 Å². The van der Waals surface area contributed by atoms with Crippen molar-refractivity contribution in [1.82, 2.24) is 9.97 Å². The Balaban J connectivity index is 2.19. The van der Waals surface area contributed by atoms with E-state index in [9.17, 15) is 23.1 Å². The van der Waals surface area contributed by atoms with Crippen LogP contribution in [0, 0.1) is 0 Å². The van der Waals surface area contributed by atoms with Crippen LogP contribution in [-0.4, -0.2) is 15.1 Å². The number of nitrogens with zero attached hydrogens (tertiary/aromatic N) is 1. The van der Waals surface area contributed by atoms with Crippen molar-refractivity contribution in [3.63, 3.8) is 0 Å². The van der Waals surface area contributed by atoms with Crippen LogP contribution in [0.15, 0.2) is 39.7 Å². The number of furan rings is 1. The number of aromatic hydroxyl groups is 1. The SMILES string of the molecule is O=c1cc(O)c2sc3nc(-c4ccco4)cc(C(F)(F)F)c3c2[nH]1. The van der Waals surface area contributed by atoms with Gasteiger partial charge in [0, 0.05) is 11.5 Å². The van der Waals surface area contributed by atoms with Crippen LogP contribution in [0.2, 0.25) is 0 Å². The minimum absolute atomic E-state index is 0.0215. The summed E-state index contributed by atoms with van der Waals surface area (Å²) in [4.78, 5) is 18.1. The molecule has 4 aromatic heterocycles. The first kappa shape index (κ1) is 14.8. The molecule has 0 bridgehead atoms. The highest BCUT2D eigenvalue weighted by molar-refractivity contribution is 7.25. The van der Waals surface area contributed by atoms with Gasteiger partial charge in [-0.2, -0.15) is 13.2 Å². The van der Waals surface area contributed by atoms with E-state index >= 15 is 0 Å². The Kier molecular flexibility index (Phi) is 2.98. The number of pyridine rings is 2. The molecule has 0 atom stereocenters. The summed E-state index contributed by atoms with van der Waals surface area (Å²) in [6, 6.07) is 4.83. The van der Waals surface area contributed by atoms with E-state index < -0.39 is 17.3 Å². The molecule has 9 heteroatoms. The summed E-state index contributed by atoms with van der Waals surface area (Å²) in [5, 5.41) is 9.62. The molecular formula is C15H7F3N2O3S.